The van der Waals surface area contributed by atoms with Crippen molar-refractivity contribution in [1.29, 1.82) is 0 Å². The van der Waals surface area contributed by atoms with Crippen molar-refractivity contribution in [3.8, 4) is 0 Å². The number of hydrogen-bond donors (Lipinski definition) is 1. The normalized spacial score (nSPS) is 15.2. The second-order valence-electron chi connectivity index (χ2n) is 4.79. The maximum absolute atomic E-state index is 11.7. The summed E-state index contributed by atoms with van der Waals surface area (Å²) in [5.41, 5.74) is 2.66. The number of nitrogens with one attached hydrogen (secondary N) is 1. The van der Waals surface area contributed by atoms with Crippen molar-refractivity contribution in [2.75, 3.05) is 0 Å². The van der Waals surface area contributed by atoms with Gasteiger partial charge in [-0.15, -0.1) is 0 Å². The van der Waals surface area contributed by atoms with Gasteiger partial charge in [0, 0.05) is 5.56 Å². The van der Waals surface area contributed by atoms with Gasteiger partial charge in [-0.2, -0.15) is 0 Å². The molecule has 0 aliphatic carbocycles. The lowest BCUT2D eigenvalue weighted by molar-refractivity contribution is -0.122. The van der Waals surface area contributed by atoms with Gasteiger partial charge in [-0.3, -0.25) is 9.79 Å². The Kier molecular flexibility index (Phi) is 7.19. The molecule has 1 heterocycles. The van der Waals surface area contributed by atoms with E-state index in [1.807, 2.05) is 61.5 Å². The summed E-state index contributed by atoms with van der Waals surface area (Å²) in [5, 5.41) is 2.84. The van der Waals surface area contributed by atoms with Crippen LogP contribution in [0.25, 0.3) is 0 Å². The van der Waals surface area contributed by atoms with Crippen LogP contribution in [-0.2, 0) is 4.79 Å². The third kappa shape index (κ3) is 4.19. The zero-order valence-electron chi connectivity index (χ0n) is 14.1. The Morgan fingerprint density at radius 2 is 1.60 bits per heavy atom. The van der Waals surface area contributed by atoms with Crippen molar-refractivity contribution in [3.05, 3.63) is 34.9 Å². The molecule has 112 valence electrons. The number of benzene rings is 1. The Morgan fingerprint density at radius 3 is 2.05 bits per heavy atom. The molecule has 1 aromatic carbocycles. The Hall–Kier alpha value is -1.64. The van der Waals surface area contributed by atoms with Crippen LogP contribution in [-0.4, -0.2) is 17.3 Å². The number of aryl methyl sites for hydroxylation is 2. The van der Waals surface area contributed by atoms with Gasteiger partial charge in [0.1, 0.15) is 11.4 Å². The molecular weight excluding hydrogens is 248 g/mol. The molecule has 0 saturated carbocycles. The summed E-state index contributed by atoms with van der Waals surface area (Å²) in [6.07, 6.45) is 0. The van der Waals surface area contributed by atoms with Crippen LogP contribution in [0.3, 0.4) is 0 Å². The number of hydrogen-bond acceptors (Lipinski definition) is 2. The predicted molar refractivity (Wildman–Crippen MR) is 87.4 cm³/mol. The number of rotatable bonds is 1. The molecule has 0 unspecified atom stereocenters. The second kappa shape index (κ2) is 7.83. The molecule has 1 aliphatic rings. The fourth-order valence-corrected chi connectivity index (χ4v) is 1.74. The topological polar surface area (TPSA) is 41.5 Å². The minimum absolute atomic E-state index is 0.0385. The summed E-state index contributed by atoms with van der Waals surface area (Å²) in [7, 11) is 0. The van der Waals surface area contributed by atoms with Gasteiger partial charge >= 0.3 is 0 Å². The Bertz CT molecular complexity index is 488. The Balaban J connectivity index is 0.000000829. The van der Waals surface area contributed by atoms with Crippen molar-refractivity contribution in [3.63, 3.8) is 0 Å². The van der Waals surface area contributed by atoms with E-state index in [2.05, 4.69) is 22.4 Å². The van der Waals surface area contributed by atoms with E-state index in [4.69, 9.17) is 0 Å². The van der Waals surface area contributed by atoms with Crippen molar-refractivity contribution < 1.29 is 4.79 Å². The molecule has 2 rings (SSSR count). The van der Waals surface area contributed by atoms with Gasteiger partial charge in [0.15, 0.2) is 0 Å². The van der Waals surface area contributed by atoms with Gasteiger partial charge in [-0.25, -0.2) is 0 Å². The quantitative estimate of drug-likeness (QED) is 0.827. The molecular formula is C17H28N2O. The fourth-order valence-electron chi connectivity index (χ4n) is 1.74. The fraction of sp³-hybridized carbons (Fsp3) is 0.529. The summed E-state index contributed by atoms with van der Waals surface area (Å²) in [4.78, 5) is 16.1. The zero-order valence-corrected chi connectivity index (χ0v) is 14.1. The van der Waals surface area contributed by atoms with E-state index >= 15 is 0 Å². The largest absolute Gasteiger partial charge is 0.308 e. The second-order valence-corrected chi connectivity index (χ2v) is 4.79. The average molecular weight is 276 g/mol. The molecule has 20 heavy (non-hydrogen) atoms. The van der Waals surface area contributed by atoms with E-state index in [-0.39, 0.29) is 5.91 Å². The summed E-state index contributed by atoms with van der Waals surface area (Å²) >= 11 is 0. The first-order valence-electron chi connectivity index (χ1n) is 7.39. The maximum atomic E-state index is 11.7. The third-order valence-electron chi connectivity index (χ3n) is 2.83. The van der Waals surface area contributed by atoms with Crippen LogP contribution in [0, 0.1) is 13.8 Å². The van der Waals surface area contributed by atoms with Crippen molar-refractivity contribution in [2.24, 2.45) is 4.99 Å². The maximum Gasteiger partial charge on any atom is 0.252 e. The molecule has 0 atom stereocenters. The number of aliphatic imine (C=N–C) groups is 1. The van der Waals surface area contributed by atoms with Crippen LogP contribution in [0.2, 0.25) is 0 Å². The minimum atomic E-state index is -0.647. The highest BCUT2D eigenvalue weighted by atomic mass is 16.2. The van der Waals surface area contributed by atoms with Crippen LogP contribution >= 0.6 is 0 Å². The molecule has 3 nitrogen and oxygen atoms in total. The van der Waals surface area contributed by atoms with Gasteiger partial charge in [-0.05, 0) is 39.3 Å². The van der Waals surface area contributed by atoms with E-state index in [1.165, 1.54) is 5.56 Å². The summed E-state index contributed by atoms with van der Waals surface area (Å²) in [5.74, 6) is 0.652. The van der Waals surface area contributed by atoms with Crippen LogP contribution in [0.15, 0.2) is 23.2 Å². The lowest BCUT2D eigenvalue weighted by Crippen LogP contribution is -2.34. The minimum Gasteiger partial charge on any atom is -0.308 e. The van der Waals surface area contributed by atoms with Crippen molar-refractivity contribution in [1.82, 2.24) is 5.32 Å². The predicted octanol–water partition coefficient (Wildman–Crippen LogP) is 4.01. The lowest BCUT2D eigenvalue weighted by Gasteiger charge is -2.07. The van der Waals surface area contributed by atoms with Gasteiger partial charge < -0.3 is 5.32 Å². The van der Waals surface area contributed by atoms with Crippen molar-refractivity contribution in [2.45, 2.75) is 60.9 Å². The van der Waals surface area contributed by atoms with E-state index < -0.39 is 5.54 Å². The van der Waals surface area contributed by atoms with Crippen molar-refractivity contribution >= 4 is 11.7 Å². The van der Waals surface area contributed by atoms with Crippen LogP contribution in [0.5, 0.6) is 0 Å². The zero-order chi connectivity index (χ0) is 15.9. The van der Waals surface area contributed by atoms with Gasteiger partial charge in [-0.1, -0.05) is 45.4 Å². The molecule has 3 heteroatoms. The third-order valence-corrected chi connectivity index (χ3v) is 2.83. The lowest BCUT2D eigenvalue weighted by atomic mass is 10.0. The highest BCUT2D eigenvalue weighted by Gasteiger charge is 2.34. The smallest absolute Gasteiger partial charge is 0.252 e. The monoisotopic (exact) mass is 276 g/mol. The number of carbonyl (C=O) groups excluding carboxylic acids is 1. The first-order valence-corrected chi connectivity index (χ1v) is 7.39. The van der Waals surface area contributed by atoms with Gasteiger partial charge in [0.2, 0.25) is 0 Å². The van der Waals surface area contributed by atoms with E-state index in [0.717, 1.165) is 11.1 Å². The summed E-state index contributed by atoms with van der Waals surface area (Å²) < 4.78 is 0. The molecule has 0 aromatic heterocycles. The van der Waals surface area contributed by atoms with Crippen LogP contribution < -0.4 is 5.32 Å². The highest BCUT2D eigenvalue weighted by molar-refractivity contribution is 6.15. The first kappa shape index (κ1) is 18.4. The molecule has 0 saturated heterocycles. The Labute approximate surface area is 123 Å². The van der Waals surface area contributed by atoms with E-state index in [0.29, 0.717) is 5.84 Å². The first-order chi connectivity index (χ1) is 9.40. The molecule has 0 bridgehead atoms. The molecule has 1 N–H and O–H groups in total. The molecule has 0 fully saturated rings. The standard InChI is InChI=1S/C13H16N2O.2C2H6/c1-8-5-6-9(2)10(7-8)11-14-12(16)13(3,4)15-11;2*1-2/h5-7H,1-4H3,(H,14,15,16);2*1-2H3. The van der Waals surface area contributed by atoms with Gasteiger partial charge in [0.25, 0.3) is 5.91 Å². The van der Waals surface area contributed by atoms with Gasteiger partial charge in [0.05, 0.1) is 0 Å². The molecule has 0 radical (unpaired) electrons. The van der Waals surface area contributed by atoms with Crippen LogP contribution in [0.4, 0.5) is 0 Å². The Morgan fingerprint density at radius 1 is 1.05 bits per heavy atom. The SMILES string of the molecule is CC.CC.Cc1ccc(C)c(C2=NC(C)(C)C(=O)N2)c1. The molecule has 1 amide bonds. The summed E-state index contributed by atoms with van der Waals surface area (Å²) in [6, 6.07) is 6.15. The highest BCUT2D eigenvalue weighted by Crippen LogP contribution is 2.20. The number of amides is 1. The average Bonchev–Trinajstić information content (AvgIpc) is 2.71. The summed E-state index contributed by atoms with van der Waals surface area (Å²) in [6.45, 7) is 15.7. The number of nitrogens with zero attached hydrogens (tertiary/aromatic N) is 1. The van der Waals surface area contributed by atoms with E-state index in [1.54, 1.807) is 0 Å². The molecule has 1 aromatic rings. The molecule has 1 aliphatic heterocycles. The van der Waals surface area contributed by atoms with E-state index in [9.17, 15) is 4.79 Å². The van der Waals surface area contributed by atoms with Crippen LogP contribution in [0.1, 0.15) is 58.2 Å². The number of carbonyl (C=O) groups is 1. The number of amidine groups is 1. The molecule has 0 spiro atoms.